The van der Waals surface area contributed by atoms with E-state index in [1.54, 1.807) is 0 Å². The zero-order valence-corrected chi connectivity index (χ0v) is 7.89. The Bertz CT molecular complexity index is 170. The lowest BCUT2D eigenvalue weighted by Gasteiger charge is -2.26. The fourth-order valence-electron chi connectivity index (χ4n) is 1.69. The van der Waals surface area contributed by atoms with Gasteiger partial charge in [-0.25, -0.2) is 0 Å². The summed E-state index contributed by atoms with van der Waals surface area (Å²) in [5.74, 6) is 0. The van der Waals surface area contributed by atoms with Crippen LogP contribution in [0.2, 0.25) is 0 Å². The van der Waals surface area contributed by atoms with Gasteiger partial charge in [-0.2, -0.15) is 0 Å². The molecule has 2 aliphatic rings. The number of hydrogen-bond donors (Lipinski definition) is 1. The molecule has 0 atom stereocenters. The first-order chi connectivity index (χ1) is 5.40. The molecule has 0 amide bonds. The fourth-order valence-corrected chi connectivity index (χ4v) is 1.69. The minimum Gasteiger partial charge on any atom is -0.411 e. The molecule has 1 saturated carbocycles. The topological polar surface area (TPSA) is 35.8 Å². The molecule has 1 saturated heterocycles. The molecular weight excluding hydrogens is 176 g/mol. The summed E-state index contributed by atoms with van der Waals surface area (Å²) in [6.07, 6.45) is 4.69. The standard InChI is InChI=1S/C8H14N2O.ClH/c11-9-7-3-5-10(6-4-7)8-1-2-8;/h8,11H,1-6H2;1H. The zero-order valence-electron chi connectivity index (χ0n) is 7.07. The number of rotatable bonds is 1. The summed E-state index contributed by atoms with van der Waals surface area (Å²) in [5.41, 5.74) is 0.974. The van der Waals surface area contributed by atoms with E-state index in [2.05, 4.69) is 10.1 Å². The van der Waals surface area contributed by atoms with E-state index in [0.29, 0.717) is 0 Å². The predicted molar refractivity (Wildman–Crippen MR) is 50.3 cm³/mol. The maximum absolute atomic E-state index is 8.50. The first-order valence-electron chi connectivity index (χ1n) is 4.34. The maximum atomic E-state index is 8.50. The van der Waals surface area contributed by atoms with Crippen molar-refractivity contribution in [2.45, 2.75) is 31.7 Å². The summed E-state index contributed by atoms with van der Waals surface area (Å²) < 4.78 is 0. The van der Waals surface area contributed by atoms with Crippen molar-refractivity contribution in [1.82, 2.24) is 4.90 Å². The van der Waals surface area contributed by atoms with Gasteiger partial charge in [0.15, 0.2) is 0 Å². The molecule has 0 bridgehead atoms. The molecule has 70 valence electrons. The van der Waals surface area contributed by atoms with E-state index >= 15 is 0 Å². The van der Waals surface area contributed by atoms with Crippen LogP contribution in [0.15, 0.2) is 5.16 Å². The van der Waals surface area contributed by atoms with Crippen molar-refractivity contribution in [2.24, 2.45) is 5.16 Å². The van der Waals surface area contributed by atoms with Crippen LogP contribution in [0.25, 0.3) is 0 Å². The highest BCUT2D eigenvalue weighted by atomic mass is 35.5. The van der Waals surface area contributed by atoms with Crippen LogP contribution in [0, 0.1) is 0 Å². The van der Waals surface area contributed by atoms with Crippen LogP contribution in [-0.4, -0.2) is 35.0 Å². The third-order valence-electron chi connectivity index (χ3n) is 2.58. The lowest BCUT2D eigenvalue weighted by atomic mass is 10.1. The van der Waals surface area contributed by atoms with Crippen LogP contribution in [-0.2, 0) is 0 Å². The van der Waals surface area contributed by atoms with Crippen molar-refractivity contribution in [3.63, 3.8) is 0 Å². The van der Waals surface area contributed by atoms with Crippen molar-refractivity contribution >= 4 is 18.1 Å². The molecule has 1 aliphatic carbocycles. The van der Waals surface area contributed by atoms with Crippen molar-refractivity contribution in [3.8, 4) is 0 Å². The second kappa shape index (κ2) is 4.10. The Morgan fingerprint density at radius 2 is 1.83 bits per heavy atom. The van der Waals surface area contributed by atoms with E-state index in [9.17, 15) is 0 Å². The second-order valence-corrected chi connectivity index (χ2v) is 3.43. The fraction of sp³-hybridized carbons (Fsp3) is 0.875. The molecule has 2 rings (SSSR count). The predicted octanol–water partition coefficient (Wildman–Crippen LogP) is 1.50. The highest BCUT2D eigenvalue weighted by Crippen LogP contribution is 2.28. The Morgan fingerprint density at radius 3 is 2.25 bits per heavy atom. The van der Waals surface area contributed by atoms with Crippen LogP contribution in [0.1, 0.15) is 25.7 Å². The maximum Gasteiger partial charge on any atom is 0.0596 e. The third-order valence-corrected chi connectivity index (χ3v) is 2.58. The molecule has 12 heavy (non-hydrogen) atoms. The molecular formula is C8H15ClN2O. The summed E-state index contributed by atoms with van der Waals surface area (Å²) in [5, 5.41) is 11.8. The second-order valence-electron chi connectivity index (χ2n) is 3.43. The molecule has 0 aromatic heterocycles. The molecule has 1 N–H and O–H groups in total. The van der Waals surface area contributed by atoms with Crippen LogP contribution in [0.5, 0.6) is 0 Å². The smallest absolute Gasteiger partial charge is 0.0596 e. The van der Waals surface area contributed by atoms with Gasteiger partial charge in [0.2, 0.25) is 0 Å². The average molecular weight is 191 g/mol. The molecule has 3 nitrogen and oxygen atoms in total. The van der Waals surface area contributed by atoms with Crippen LogP contribution in [0.4, 0.5) is 0 Å². The van der Waals surface area contributed by atoms with Gasteiger partial charge < -0.3 is 5.21 Å². The quantitative estimate of drug-likeness (QED) is 0.503. The lowest BCUT2D eigenvalue weighted by Crippen LogP contribution is -2.35. The van der Waals surface area contributed by atoms with Gasteiger partial charge in [-0.05, 0) is 12.8 Å². The summed E-state index contributed by atoms with van der Waals surface area (Å²) in [4.78, 5) is 2.51. The van der Waals surface area contributed by atoms with Crippen molar-refractivity contribution in [3.05, 3.63) is 0 Å². The van der Waals surface area contributed by atoms with Crippen LogP contribution in [0.3, 0.4) is 0 Å². The summed E-state index contributed by atoms with van der Waals surface area (Å²) in [6.45, 7) is 2.20. The number of oxime groups is 1. The molecule has 0 radical (unpaired) electrons. The number of nitrogens with zero attached hydrogens (tertiary/aromatic N) is 2. The minimum absolute atomic E-state index is 0. The molecule has 1 heterocycles. The first kappa shape index (κ1) is 9.81. The van der Waals surface area contributed by atoms with Crippen molar-refractivity contribution in [2.75, 3.05) is 13.1 Å². The van der Waals surface area contributed by atoms with Crippen molar-refractivity contribution < 1.29 is 5.21 Å². The van der Waals surface area contributed by atoms with Gasteiger partial charge in [0, 0.05) is 32.0 Å². The molecule has 0 spiro atoms. The average Bonchev–Trinajstić information content (AvgIpc) is 2.87. The van der Waals surface area contributed by atoms with E-state index in [4.69, 9.17) is 5.21 Å². The lowest BCUT2D eigenvalue weighted by molar-refractivity contribution is 0.254. The molecule has 0 aromatic rings. The normalized spacial score (nSPS) is 24.8. The van der Waals surface area contributed by atoms with Gasteiger partial charge in [-0.3, -0.25) is 4.90 Å². The van der Waals surface area contributed by atoms with Gasteiger partial charge in [0.1, 0.15) is 0 Å². The molecule has 2 fully saturated rings. The molecule has 0 aromatic carbocycles. The van der Waals surface area contributed by atoms with Gasteiger partial charge in [-0.15, -0.1) is 12.4 Å². The summed E-state index contributed by atoms with van der Waals surface area (Å²) in [6, 6.07) is 0.871. The summed E-state index contributed by atoms with van der Waals surface area (Å²) in [7, 11) is 0. The minimum atomic E-state index is 0. The van der Waals surface area contributed by atoms with Gasteiger partial charge in [0.25, 0.3) is 0 Å². The van der Waals surface area contributed by atoms with Gasteiger partial charge in [0.05, 0.1) is 5.71 Å². The molecule has 0 unspecified atom stereocenters. The van der Waals surface area contributed by atoms with E-state index in [1.807, 2.05) is 0 Å². The van der Waals surface area contributed by atoms with Gasteiger partial charge in [-0.1, -0.05) is 5.16 Å². The number of likely N-dealkylation sites (tertiary alicyclic amines) is 1. The molecule has 1 aliphatic heterocycles. The largest absolute Gasteiger partial charge is 0.411 e. The SMILES string of the molecule is Cl.ON=C1CCN(C2CC2)CC1. The van der Waals surface area contributed by atoms with E-state index in [-0.39, 0.29) is 12.4 Å². The Kier molecular flexibility index (Phi) is 3.35. The summed E-state index contributed by atoms with van der Waals surface area (Å²) >= 11 is 0. The number of halogens is 1. The monoisotopic (exact) mass is 190 g/mol. The van der Waals surface area contributed by atoms with Crippen LogP contribution >= 0.6 is 12.4 Å². The number of hydrogen-bond acceptors (Lipinski definition) is 3. The number of piperidine rings is 1. The van der Waals surface area contributed by atoms with Crippen molar-refractivity contribution in [1.29, 1.82) is 0 Å². The first-order valence-corrected chi connectivity index (χ1v) is 4.34. The Morgan fingerprint density at radius 1 is 1.25 bits per heavy atom. The van der Waals surface area contributed by atoms with E-state index < -0.39 is 0 Å². The third kappa shape index (κ3) is 2.11. The Labute approximate surface area is 78.8 Å². The Balaban J connectivity index is 0.000000720. The van der Waals surface area contributed by atoms with Gasteiger partial charge >= 0.3 is 0 Å². The molecule has 4 heteroatoms. The highest BCUT2D eigenvalue weighted by Gasteiger charge is 2.30. The van der Waals surface area contributed by atoms with Crippen LogP contribution < -0.4 is 0 Å². The van der Waals surface area contributed by atoms with E-state index in [1.165, 1.54) is 12.8 Å². The Hall–Kier alpha value is -0.280. The van der Waals surface area contributed by atoms with E-state index in [0.717, 1.165) is 37.7 Å². The highest BCUT2D eigenvalue weighted by molar-refractivity contribution is 5.85. The zero-order chi connectivity index (χ0) is 7.68.